The summed E-state index contributed by atoms with van der Waals surface area (Å²) in [6.07, 6.45) is 8.48. The van der Waals surface area contributed by atoms with Crippen LogP contribution in [0.2, 0.25) is 0 Å². The van der Waals surface area contributed by atoms with Crippen LogP contribution in [0.4, 0.5) is 0 Å². The van der Waals surface area contributed by atoms with Crippen LogP contribution in [0.1, 0.15) is 44.3 Å². The molecular weight excluding hydrogens is 212 g/mol. The minimum atomic E-state index is 0.0155. The first-order chi connectivity index (χ1) is 8.31. The normalized spacial score (nSPS) is 18.9. The maximum atomic E-state index is 6.14. The van der Waals surface area contributed by atoms with Crippen molar-refractivity contribution in [3.05, 3.63) is 30.1 Å². The maximum Gasteiger partial charge on any atom is 0.0976 e. The predicted molar refractivity (Wildman–Crippen MR) is 68.5 cm³/mol. The van der Waals surface area contributed by atoms with E-state index >= 15 is 0 Å². The third-order valence-corrected chi connectivity index (χ3v) is 3.42. The van der Waals surface area contributed by atoms with Crippen LogP contribution in [0, 0.1) is 5.92 Å². The first-order valence-corrected chi connectivity index (χ1v) is 6.58. The van der Waals surface area contributed by atoms with Gasteiger partial charge in [-0.15, -0.1) is 0 Å². The average Bonchev–Trinajstić information content (AvgIpc) is 3.19. The summed E-state index contributed by atoms with van der Waals surface area (Å²) in [5.74, 6) is 0.908. The molecule has 3 heteroatoms. The number of ether oxygens (including phenoxy) is 1. The smallest absolute Gasteiger partial charge is 0.0976 e. The molecule has 0 aliphatic heterocycles. The van der Waals surface area contributed by atoms with Gasteiger partial charge in [-0.2, -0.15) is 0 Å². The van der Waals surface area contributed by atoms with Crippen molar-refractivity contribution in [1.29, 1.82) is 0 Å². The van der Waals surface area contributed by atoms with E-state index in [9.17, 15) is 0 Å². The summed E-state index contributed by atoms with van der Waals surface area (Å²) in [4.78, 5) is 4.04. The van der Waals surface area contributed by atoms with Gasteiger partial charge in [-0.3, -0.25) is 4.98 Å². The van der Waals surface area contributed by atoms with Crippen molar-refractivity contribution >= 4 is 0 Å². The molecule has 0 radical (unpaired) electrons. The summed E-state index contributed by atoms with van der Waals surface area (Å²) in [7, 11) is 0. The van der Waals surface area contributed by atoms with Gasteiger partial charge in [0.1, 0.15) is 0 Å². The molecular formula is C14H22N2O. The molecule has 1 aromatic rings. The molecule has 0 bridgehead atoms. The number of aromatic nitrogens is 1. The van der Waals surface area contributed by atoms with Crippen LogP contribution in [-0.2, 0) is 4.74 Å². The quantitative estimate of drug-likeness (QED) is 0.789. The van der Waals surface area contributed by atoms with E-state index in [0.29, 0.717) is 0 Å². The van der Waals surface area contributed by atoms with Crippen LogP contribution < -0.4 is 5.73 Å². The Morgan fingerprint density at radius 3 is 2.71 bits per heavy atom. The molecule has 0 amide bonds. The summed E-state index contributed by atoms with van der Waals surface area (Å²) in [5, 5.41) is 0. The van der Waals surface area contributed by atoms with Gasteiger partial charge in [0.2, 0.25) is 0 Å². The van der Waals surface area contributed by atoms with Crippen LogP contribution in [0.5, 0.6) is 0 Å². The van der Waals surface area contributed by atoms with E-state index in [1.807, 2.05) is 12.1 Å². The second kappa shape index (κ2) is 6.12. The highest BCUT2D eigenvalue weighted by molar-refractivity contribution is 5.15. The van der Waals surface area contributed by atoms with Gasteiger partial charge in [-0.25, -0.2) is 0 Å². The van der Waals surface area contributed by atoms with Crippen molar-refractivity contribution in [2.45, 2.75) is 44.8 Å². The Hall–Kier alpha value is -0.930. The van der Waals surface area contributed by atoms with E-state index in [1.165, 1.54) is 19.3 Å². The van der Waals surface area contributed by atoms with Gasteiger partial charge in [0.15, 0.2) is 0 Å². The van der Waals surface area contributed by atoms with Gasteiger partial charge in [0.25, 0.3) is 0 Å². The summed E-state index contributed by atoms with van der Waals surface area (Å²) < 4.78 is 5.98. The Labute approximate surface area is 103 Å². The van der Waals surface area contributed by atoms with Crippen LogP contribution in [-0.4, -0.2) is 17.6 Å². The number of pyridine rings is 1. The third-order valence-electron chi connectivity index (χ3n) is 3.42. The van der Waals surface area contributed by atoms with Gasteiger partial charge >= 0.3 is 0 Å². The predicted octanol–water partition coefficient (Wildman–Crippen LogP) is 2.68. The maximum absolute atomic E-state index is 6.14. The average molecular weight is 234 g/mol. The molecule has 1 aliphatic rings. The van der Waals surface area contributed by atoms with Crippen LogP contribution in [0.25, 0.3) is 0 Å². The van der Waals surface area contributed by atoms with Gasteiger partial charge in [-0.05, 0) is 36.5 Å². The minimum absolute atomic E-state index is 0.0155. The summed E-state index contributed by atoms with van der Waals surface area (Å²) in [6, 6.07) is 4.06. The molecule has 0 saturated heterocycles. The lowest BCUT2D eigenvalue weighted by atomic mass is 10.0. The number of hydrogen-bond donors (Lipinski definition) is 1. The summed E-state index contributed by atoms with van der Waals surface area (Å²) >= 11 is 0. The van der Waals surface area contributed by atoms with E-state index in [2.05, 4.69) is 11.9 Å². The van der Waals surface area contributed by atoms with Gasteiger partial charge in [-0.1, -0.05) is 19.8 Å². The fraction of sp³-hybridized carbons (Fsp3) is 0.643. The number of rotatable bonds is 7. The molecule has 0 aromatic carbocycles. The highest BCUT2D eigenvalue weighted by Crippen LogP contribution is 2.33. The molecule has 17 heavy (non-hydrogen) atoms. The van der Waals surface area contributed by atoms with Crippen LogP contribution in [0.3, 0.4) is 0 Å². The molecule has 2 N–H and O–H groups in total. The first-order valence-electron chi connectivity index (χ1n) is 6.58. The molecule has 2 unspecified atom stereocenters. The van der Waals surface area contributed by atoms with E-state index in [-0.39, 0.29) is 12.1 Å². The lowest BCUT2D eigenvalue weighted by molar-refractivity contribution is 0.0299. The fourth-order valence-electron chi connectivity index (χ4n) is 2.00. The zero-order valence-electron chi connectivity index (χ0n) is 10.5. The Kier molecular flexibility index (Phi) is 4.51. The highest BCUT2D eigenvalue weighted by atomic mass is 16.5. The van der Waals surface area contributed by atoms with Crippen molar-refractivity contribution in [3.8, 4) is 0 Å². The molecule has 1 aromatic heterocycles. The van der Waals surface area contributed by atoms with E-state index < -0.39 is 0 Å². The van der Waals surface area contributed by atoms with Gasteiger partial charge in [0.05, 0.1) is 6.10 Å². The molecule has 2 atom stereocenters. The van der Waals surface area contributed by atoms with Crippen molar-refractivity contribution < 1.29 is 4.74 Å². The van der Waals surface area contributed by atoms with Crippen LogP contribution in [0.15, 0.2) is 24.5 Å². The molecule has 2 rings (SSSR count). The molecule has 1 saturated carbocycles. The van der Waals surface area contributed by atoms with Gasteiger partial charge in [0, 0.05) is 25.0 Å². The van der Waals surface area contributed by atoms with Crippen molar-refractivity contribution in [3.63, 3.8) is 0 Å². The number of hydrogen-bond acceptors (Lipinski definition) is 3. The molecule has 3 nitrogen and oxygen atoms in total. The van der Waals surface area contributed by atoms with E-state index in [4.69, 9.17) is 10.5 Å². The first kappa shape index (κ1) is 12.5. The highest BCUT2D eigenvalue weighted by Gasteiger charge is 2.23. The zero-order chi connectivity index (χ0) is 12.1. The largest absolute Gasteiger partial charge is 0.372 e. The second-order valence-corrected chi connectivity index (χ2v) is 4.88. The number of nitrogens with zero attached hydrogens (tertiary/aromatic N) is 1. The number of nitrogens with two attached hydrogens (primary N) is 1. The Morgan fingerprint density at radius 2 is 2.12 bits per heavy atom. The molecule has 0 spiro atoms. The fourth-order valence-corrected chi connectivity index (χ4v) is 2.00. The Morgan fingerprint density at radius 1 is 1.41 bits per heavy atom. The second-order valence-electron chi connectivity index (χ2n) is 4.88. The molecule has 94 valence electrons. The molecule has 1 fully saturated rings. The van der Waals surface area contributed by atoms with Crippen molar-refractivity contribution in [2.24, 2.45) is 11.7 Å². The van der Waals surface area contributed by atoms with Crippen molar-refractivity contribution in [2.75, 3.05) is 6.61 Å². The topological polar surface area (TPSA) is 48.1 Å². The molecule has 1 aliphatic carbocycles. The SMILES string of the molecule is CCC(N)C(OCCC1CC1)c1ccncc1. The summed E-state index contributed by atoms with van der Waals surface area (Å²) in [5.41, 5.74) is 7.28. The Bertz CT molecular complexity index is 324. The minimum Gasteiger partial charge on any atom is -0.372 e. The zero-order valence-corrected chi connectivity index (χ0v) is 10.5. The lowest BCUT2D eigenvalue weighted by Crippen LogP contribution is -2.30. The van der Waals surface area contributed by atoms with E-state index in [0.717, 1.165) is 24.5 Å². The van der Waals surface area contributed by atoms with Gasteiger partial charge < -0.3 is 10.5 Å². The standard InChI is InChI=1S/C14H22N2O/c1-2-13(15)14(12-5-8-16-9-6-12)17-10-7-11-3-4-11/h5-6,8-9,11,13-14H,2-4,7,10,15H2,1H3. The van der Waals surface area contributed by atoms with Crippen LogP contribution >= 0.6 is 0 Å². The summed E-state index contributed by atoms with van der Waals surface area (Å²) in [6.45, 7) is 2.93. The lowest BCUT2D eigenvalue weighted by Gasteiger charge is -2.23. The van der Waals surface area contributed by atoms with Crippen molar-refractivity contribution in [1.82, 2.24) is 4.98 Å². The third kappa shape index (κ3) is 3.79. The van der Waals surface area contributed by atoms with E-state index in [1.54, 1.807) is 12.4 Å². The molecule has 1 heterocycles. The monoisotopic (exact) mass is 234 g/mol. The Balaban J connectivity index is 1.92.